The van der Waals surface area contributed by atoms with Gasteiger partial charge in [0.2, 0.25) is 5.91 Å². The van der Waals surface area contributed by atoms with E-state index in [9.17, 15) is 19.5 Å². The van der Waals surface area contributed by atoms with Gasteiger partial charge in [-0.25, -0.2) is 4.79 Å². The summed E-state index contributed by atoms with van der Waals surface area (Å²) in [5.41, 5.74) is 5.61. The molecule has 112 valence electrons. The fraction of sp³-hybridized carbons (Fsp3) is 0.357. The van der Waals surface area contributed by atoms with Crippen molar-refractivity contribution in [3.63, 3.8) is 0 Å². The summed E-state index contributed by atoms with van der Waals surface area (Å²) in [7, 11) is 1.23. The first kappa shape index (κ1) is 15.0. The lowest BCUT2D eigenvalue weighted by Crippen LogP contribution is -2.41. The second-order valence-corrected chi connectivity index (χ2v) is 4.83. The van der Waals surface area contributed by atoms with Crippen LogP contribution in [-0.4, -0.2) is 53.6 Å². The first-order valence-corrected chi connectivity index (χ1v) is 6.40. The molecule has 1 aromatic carbocycles. The van der Waals surface area contributed by atoms with Gasteiger partial charge in [0.15, 0.2) is 0 Å². The van der Waals surface area contributed by atoms with Gasteiger partial charge in [-0.15, -0.1) is 0 Å². The molecule has 0 spiro atoms. The molecule has 0 radical (unpaired) electrons. The molecule has 0 saturated carbocycles. The van der Waals surface area contributed by atoms with E-state index in [1.165, 1.54) is 36.3 Å². The van der Waals surface area contributed by atoms with E-state index in [1.54, 1.807) is 0 Å². The van der Waals surface area contributed by atoms with E-state index < -0.39 is 29.9 Å². The Morgan fingerprint density at radius 3 is 2.62 bits per heavy atom. The molecule has 1 aliphatic rings. The number of likely N-dealkylation sites (tertiary alicyclic amines) is 1. The van der Waals surface area contributed by atoms with Crippen molar-refractivity contribution in [1.82, 2.24) is 4.90 Å². The van der Waals surface area contributed by atoms with Crippen molar-refractivity contribution in [2.45, 2.75) is 18.6 Å². The monoisotopic (exact) mass is 292 g/mol. The van der Waals surface area contributed by atoms with Gasteiger partial charge in [0.1, 0.15) is 6.04 Å². The number of rotatable bonds is 3. The lowest BCUT2D eigenvalue weighted by atomic mass is 10.1. The van der Waals surface area contributed by atoms with Crippen LogP contribution < -0.4 is 5.73 Å². The molecule has 7 nitrogen and oxygen atoms in total. The number of aliphatic hydroxyl groups excluding tert-OH is 1. The fourth-order valence-electron chi connectivity index (χ4n) is 2.37. The number of ether oxygens (including phenoxy) is 1. The lowest BCUT2D eigenvalue weighted by Gasteiger charge is -2.22. The SMILES string of the molecule is COC(=O)C1CC(O)CN1C(=O)c1cccc(C(N)=O)c1. The zero-order valence-corrected chi connectivity index (χ0v) is 11.5. The molecule has 0 aliphatic carbocycles. The topological polar surface area (TPSA) is 110 Å². The Bertz CT molecular complexity index is 586. The summed E-state index contributed by atoms with van der Waals surface area (Å²) in [6.07, 6.45) is -0.647. The number of amides is 2. The molecule has 2 atom stereocenters. The lowest BCUT2D eigenvalue weighted by molar-refractivity contribution is -0.145. The molecule has 2 unspecified atom stereocenters. The number of esters is 1. The van der Waals surface area contributed by atoms with E-state index in [0.717, 1.165) is 0 Å². The normalized spacial score (nSPS) is 21.1. The maximum atomic E-state index is 12.5. The van der Waals surface area contributed by atoms with Gasteiger partial charge in [0, 0.05) is 24.1 Å². The maximum Gasteiger partial charge on any atom is 0.328 e. The number of hydrogen-bond donors (Lipinski definition) is 2. The van der Waals surface area contributed by atoms with Gasteiger partial charge in [-0.05, 0) is 18.2 Å². The Morgan fingerprint density at radius 1 is 1.33 bits per heavy atom. The zero-order chi connectivity index (χ0) is 15.6. The molecule has 0 aromatic heterocycles. The maximum absolute atomic E-state index is 12.5. The summed E-state index contributed by atoms with van der Waals surface area (Å²) in [6, 6.07) is 5.09. The highest BCUT2D eigenvalue weighted by molar-refractivity contribution is 6.00. The minimum atomic E-state index is -0.824. The summed E-state index contributed by atoms with van der Waals surface area (Å²) in [4.78, 5) is 36.5. The van der Waals surface area contributed by atoms with Crippen LogP contribution in [0.4, 0.5) is 0 Å². The zero-order valence-electron chi connectivity index (χ0n) is 11.5. The van der Waals surface area contributed by atoms with Crippen LogP contribution in [0.1, 0.15) is 27.1 Å². The Kier molecular flexibility index (Phi) is 4.23. The first-order valence-electron chi connectivity index (χ1n) is 6.40. The van der Waals surface area contributed by atoms with Crippen molar-refractivity contribution >= 4 is 17.8 Å². The molecular weight excluding hydrogens is 276 g/mol. The van der Waals surface area contributed by atoms with Crippen LogP contribution in [0.5, 0.6) is 0 Å². The third-order valence-electron chi connectivity index (χ3n) is 3.41. The van der Waals surface area contributed by atoms with Crippen molar-refractivity contribution in [2.24, 2.45) is 5.73 Å². The highest BCUT2D eigenvalue weighted by Gasteiger charge is 2.39. The molecule has 2 rings (SSSR count). The van der Waals surface area contributed by atoms with Crippen LogP contribution in [0.15, 0.2) is 24.3 Å². The molecule has 3 N–H and O–H groups in total. The molecule has 7 heteroatoms. The Morgan fingerprint density at radius 2 is 2.00 bits per heavy atom. The Balaban J connectivity index is 2.28. The average molecular weight is 292 g/mol. The second-order valence-electron chi connectivity index (χ2n) is 4.83. The van der Waals surface area contributed by atoms with E-state index >= 15 is 0 Å². The summed E-state index contributed by atoms with van der Waals surface area (Å²) >= 11 is 0. The van der Waals surface area contributed by atoms with Gasteiger partial charge in [-0.2, -0.15) is 0 Å². The molecule has 1 saturated heterocycles. The van der Waals surface area contributed by atoms with E-state index in [-0.39, 0.29) is 24.1 Å². The molecule has 1 heterocycles. The van der Waals surface area contributed by atoms with Crippen molar-refractivity contribution in [3.05, 3.63) is 35.4 Å². The van der Waals surface area contributed by atoms with E-state index in [4.69, 9.17) is 5.73 Å². The number of nitrogens with two attached hydrogens (primary N) is 1. The van der Waals surface area contributed by atoms with E-state index in [2.05, 4.69) is 4.74 Å². The summed E-state index contributed by atoms with van der Waals surface area (Å²) in [5, 5.41) is 9.68. The number of hydrogen-bond acceptors (Lipinski definition) is 5. The number of methoxy groups -OCH3 is 1. The molecule has 21 heavy (non-hydrogen) atoms. The molecule has 0 bridgehead atoms. The molecule has 1 aliphatic heterocycles. The predicted octanol–water partition coefficient (Wildman–Crippen LogP) is -0.466. The van der Waals surface area contributed by atoms with Crippen LogP contribution in [0, 0.1) is 0 Å². The Labute approximate surface area is 121 Å². The van der Waals surface area contributed by atoms with Crippen LogP contribution in [0.2, 0.25) is 0 Å². The van der Waals surface area contributed by atoms with Crippen molar-refractivity contribution < 1.29 is 24.2 Å². The van der Waals surface area contributed by atoms with Crippen LogP contribution in [-0.2, 0) is 9.53 Å². The van der Waals surface area contributed by atoms with Crippen LogP contribution in [0.3, 0.4) is 0 Å². The average Bonchev–Trinajstić information content (AvgIpc) is 2.87. The van der Waals surface area contributed by atoms with Gasteiger partial charge < -0.3 is 20.5 Å². The van der Waals surface area contributed by atoms with Gasteiger partial charge in [0.25, 0.3) is 5.91 Å². The van der Waals surface area contributed by atoms with Gasteiger partial charge in [-0.3, -0.25) is 9.59 Å². The van der Waals surface area contributed by atoms with E-state index in [0.29, 0.717) is 0 Å². The number of primary amides is 1. The van der Waals surface area contributed by atoms with Gasteiger partial charge in [0.05, 0.1) is 13.2 Å². The number of benzene rings is 1. The third kappa shape index (κ3) is 3.03. The van der Waals surface area contributed by atoms with Crippen molar-refractivity contribution in [1.29, 1.82) is 0 Å². The third-order valence-corrected chi connectivity index (χ3v) is 3.41. The van der Waals surface area contributed by atoms with Crippen LogP contribution >= 0.6 is 0 Å². The highest BCUT2D eigenvalue weighted by Crippen LogP contribution is 2.22. The molecule has 1 fully saturated rings. The molecular formula is C14H16N2O5. The Hall–Kier alpha value is -2.41. The number of aliphatic hydroxyl groups is 1. The van der Waals surface area contributed by atoms with Gasteiger partial charge in [-0.1, -0.05) is 6.07 Å². The molecule has 1 aromatic rings. The first-order chi connectivity index (χ1) is 9.93. The number of nitrogens with zero attached hydrogens (tertiary/aromatic N) is 1. The van der Waals surface area contributed by atoms with Crippen molar-refractivity contribution in [2.75, 3.05) is 13.7 Å². The smallest absolute Gasteiger partial charge is 0.328 e. The van der Waals surface area contributed by atoms with E-state index in [1.807, 2.05) is 0 Å². The van der Waals surface area contributed by atoms with Crippen LogP contribution in [0.25, 0.3) is 0 Å². The van der Waals surface area contributed by atoms with Gasteiger partial charge >= 0.3 is 5.97 Å². The summed E-state index contributed by atoms with van der Waals surface area (Å²) in [6.45, 7) is 0.0411. The fourth-order valence-corrected chi connectivity index (χ4v) is 2.37. The standard InChI is InChI=1S/C14H16N2O5/c1-21-14(20)11-6-10(17)7-16(11)13(19)9-4-2-3-8(5-9)12(15)18/h2-5,10-11,17H,6-7H2,1H3,(H2,15,18). The minimum absolute atomic E-state index is 0.0411. The molecule has 2 amide bonds. The quantitative estimate of drug-likeness (QED) is 0.732. The van der Waals surface area contributed by atoms with Crippen molar-refractivity contribution in [3.8, 4) is 0 Å². The predicted molar refractivity (Wildman–Crippen MR) is 72.4 cm³/mol. The number of carbonyl (C=O) groups excluding carboxylic acids is 3. The highest BCUT2D eigenvalue weighted by atomic mass is 16.5. The number of carbonyl (C=O) groups is 3. The summed E-state index contributed by atoms with van der Waals surface area (Å²) in [5.74, 6) is -1.67. The minimum Gasteiger partial charge on any atom is -0.467 e. The second kappa shape index (κ2) is 5.92. The summed E-state index contributed by atoms with van der Waals surface area (Å²) < 4.78 is 4.64. The largest absolute Gasteiger partial charge is 0.467 e. The number of β-amino-alcohol motifs (C(OH)–C–C–N with tert-alkyl or cyclic N) is 1.